The zero-order chi connectivity index (χ0) is 19.5. The average molecular weight is 374 g/mol. The van der Waals surface area contributed by atoms with E-state index in [2.05, 4.69) is 31.2 Å². The van der Waals surface area contributed by atoms with Gasteiger partial charge in [-0.3, -0.25) is 9.59 Å². The minimum atomic E-state index is -0.205. The van der Waals surface area contributed by atoms with Crippen molar-refractivity contribution in [1.82, 2.24) is 4.90 Å². The molecule has 0 atom stereocenters. The van der Waals surface area contributed by atoms with E-state index in [1.807, 2.05) is 11.8 Å². The minimum absolute atomic E-state index is 0.193. The van der Waals surface area contributed by atoms with Crippen molar-refractivity contribution in [2.45, 2.75) is 84.1 Å². The number of aryl methyl sites for hydroxylation is 2. The monoisotopic (exact) mass is 373 g/mol. The van der Waals surface area contributed by atoms with Crippen molar-refractivity contribution in [1.29, 1.82) is 0 Å². The van der Waals surface area contributed by atoms with E-state index in [9.17, 15) is 9.59 Å². The third kappa shape index (κ3) is 7.74. The maximum Gasteiger partial charge on any atom is 0.307 e. The number of carbonyl (C=O) groups excluding carboxylic acids is 2. The standard InChI is InChI=1S/C23H35NO3/c1-3-27-23(26)17-18-24(21-10-6-4-5-7-11-21)22(25)12-8-9-20-15-13-19(2)14-16-20/h13-16,21H,3-12,17-18H2,1-2H3. The Balaban J connectivity index is 1.89. The SMILES string of the molecule is CCOC(=O)CCN(C(=O)CCCc1ccc(C)cc1)C1CCCCCC1. The summed E-state index contributed by atoms with van der Waals surface area (Å²) >= 11 is 0. The number of rotatable bonds is 9. The summed E-state index contributed by atoms with van der Waals surface area (Å²) in [6, 6.07) is 8.81. The Morgan fingerprint density at radius 3 is 2.33 bits per heavy atom. The lowest BCUT2D eigenvalue weighted by Crippen LogP contribution is -2.41. The molecule has 0 bridgehead atoms. The van der Waals surface area contributed by atoms with Crippen molar-refractivity contribution < 1.29 is 14.3 Å². The van der Waals surface area contributed by atoms with Crippen molar-refractivity contribution in [3.8, 4) is 0 Å². The summed E-state index contributed by atoms with van der Waals surface area (Å²) in [5.74, 6) is -0.0121. The van der Waals surface area contributed by atoms with E-state index in [0.29, 0.717) is 26.0 Å². The van der Waals surface area contributed by atoms with Crippen molar-refractivity contribution in [3.63, 3.8) is 0 Å². The van der Waals surface area contributed by atoms with Gasteiger partial charge in [0.05, 0.1) is 13.0 Å². The zero-order valence-corrected chi connectivity index (χ0v) is 17.0. The molecular formula is C23H35NO3. The molecule has 0 unspecified atom stereocenters. The molecule has 0 radical (unpaired) electrons. The van der Waals surface area contributed by atoms with Gasteiger partial charge in [0, 0.05) is 19.0 Å². The lowest BCUT2D eigenvalue weighted by atomic mass is 10.0. The fraction of sp³-hybridized carbons (Fsp3) is 0.652. The Bertz CT molecular complexity index is 574. The second-order valence-electron chi connectivity index (χ2n) is 7.63. The van der Waals surface area contributed by atoms with Gasteiger partial charge in [0.25, 0.3) is 0 Å². The number of carbonyl (C=O) groups is 2. The molecule has 1 aromatic rings. The molecule has 1 amide bonds. The third-order valence-corrected chi connectivity index (χ3v) is 5.42. The van der Waals surface area contributed by atoms with Crippen LogP contribution in [0.1, 0.15) is 75.8 Å². The third-order valence-electron chi connectivity index (χ3n) is 5.42. The topological polar surface area (TPSA) is 46.6 Å². The van der Waals surface area contributed by atoms with Crippen LogP contribution >= 0.6 is 0 Å². The van der Waals surface area contributed by atoms with Gasteiger partial charge in [0.1, 0.15) is 0 Å². The number of nitrogens with zero attached hydrogens (tertiary/aromatic N) is 1. The van der Waals surface area contributed by atoms with Crippen LogP contribution in [0.3, 0.4) is 0 Å². The Labute approximate surface area is 164 Å². The molecule has 0 heterocycles. The van der Waals surface area contributed by atoms with Crippen molar-refractivity contribution >= 4 is 11.9 Å². The molecule has 4 heteroatoms. The first-order valence-electron chi connectivity index (χ1n) is 10.6. The van der Waals surface area contributed by atoms with Gasteiger partial charge in [-0.25, -0.2) is 0 Å². The Morgan fingerprint density at radius 1 is 1.04 bits per heavy atom. The van der Waals surface area contributed by atoms with Gasteiger partial charge in [0.15, 0.2) is 0 Å². The molecule has 1 aliphatic carbocycles. The molecule has 4 nitrogen and oxygen atoms in total. The highest BCUT2D eigenvalue weighted by molar-refractivity contribution is 5.77. The molecule has 0 saturated heterocycles. The summed E-state index contributed by atoms with van der Waals surface area (Å²) in [6.07, 6.45) is 9.61. The van der Waals surface area contributed by atoms with E-state index in [1.54, 1.807) is 0 Å². The second-order valence-corrected chi connectivity index (χ2v) is 7.63. The predicted octanol–water partition coefficient (Wildman–Crippen LogP) is 4.82. The maximum atomic E-state index is 12.9. The van der Waals surface area contributed by atoms with Crippen LogP contribution in [-0.4, -0.2) is 36.0 Å². The Morgan fingerprint density at radius 2 is 1.70 bits per heavy atom. The minimum Gasteiger partial charge on any atom is -0.466 e. The van der Waals surface area contributed by atoms with Gasteiger partial charge < -0.3 is 9.64 Å². The van der Waals surface area contributed by atoms with Crippen LogP contribution in [-0.2, 0) is 20.7 Å². The number of hydrogen-bond acceptors (Lipinski definition) is 3. The summed E-state index contributed by atoms with van der Waals surface area (Å²) in [4.78, 5) is 26.7. The van der Waals surface area contributed by atoms with Crippen LogP contribution in [0.25, 0.3) is 0 Å². The molecule has 1 aliphatic rings. The van der Waals surface area contributed by atoms with Gasteiger partial charge in [-0.1, -0.05) is 55.5 Å². The summed E-state index contributed by atoms with van der Waals surface area (Å²) in [5, 5.41) is 0. The summed E-state index contributed by atoms with van der Waals surface area (Å²) < 4.78 is 5.06. The lowest BCUT2D eigenvalue weighted by Gasteiger charge is -2.31. The Kier molecular flexibility index (Phi) is 9.37. The van der Waals surface area contributed by atoms with Crippen molar-refractivity contribution in [3.05, 3.63) is 35.4 Å². The zero-order valence-electron chi connectivity index (χ0n) is 17.0. The van der Waals surface area contributed by atoms with Crippen LogP contribution in [0.5, 0.6) is 0 Å². The van der Waals surface area contributed by atoms with Crippen molar-refractivity contribution in [2.75, 3.05) is 13.2 Å². The fourth-order valence-corrected chi connectivity index (χ4v) is 3.87. The highest BCUT2D eigenvalue weighted by Gasteiger charge is 2.25. The largest absolute Gasteiger partial charge is 0.466 e. The van der Waals surface area contributed by atoms with Gasteiger partial charge in [-0.2, -0.15) is 0 Å². The first kappa shape index (κ1) is 21.5. The number of ether oxygens (including phenoxy) is 1. The molecule has 0 N–H and O–H groups in total. The molecule has 0 aromatic heterocycles. The molecule has 0 aliphatic heterocycles. The van der Waals surface area contributed by atoms with E-state index in [0.717, 1.165) is 25.7 Å². The number of hydrogen-bond donors (Lipinski definition) is 0. The Hall–Kier alpha value is -1.84. The lowest BCUT2D eigenvalue weighted by molar-refractivity contribution is -0.144. The molecule has 1 saturated carbocycles. The smallest absolute Gasteiger partial charge is 0.307 e. The molecule has 27 heavy (non-hydrogen) atoms. The van der Waals surface area contributed by atoms with E-state index in [-0.39, 0.29) is 17.9 Å². The van der Waals surface area contributed by atoms with Crippen LogP contribution in [0, 0.1) is 6.92 Å². The first-order chi connectivity index (χ1) is 13.1. The molecule has 1 fully saturated rings. The average Bonchev–Trinajstić information content (AvgIpc) is 2.93. The predicted molar refractivity (Wildman–Crippen MR) is 109 cm³/mol. The highest BCUT2D eigenvalue weighted by Crippen LogP contribution is 2.23. The molecule has 150 valence electrons. The summed E-state index contributed by atoms with van der Waals surface area (Å²) in [7, 11) is 0. The quantitative estimate of drug-likeness (QED) is 0.460. The molecule has 1 aromatic carbocycles. The number of benzene rings is 1. The summed E-state index contributed by atoms with van der Waals surface area (Å²) in [5.41, 5.74) is 2.54. The molecule has 0 spiro atoms. The number of esters is 1. The van der Waals surface area contributed by atoms with E-state index >= 15 is 0 Å². The summed E-state index contributed by atoms with van der Waals surface area (Å²) in [6.45, 7) is 4.79. The van der Waals surface area contributed by atoms with Crippen LogP contribution < -0.4 is 0 Å². The fourth-order valence-electron chi connectivity index (χ4n) is 3.87. The van der Waals surface area contributed by atoms with Crippen LogP contribution in [0.15, 0.2) is 24.3 Å². The van der Waals surface area contributed by atoms with E-state index in [4.69, 9.17) is 4.74 Å². The van der Waals surface area contributed by atoms with Gasteiger partial charge in [-0.15, -0.1) is 0 Å². The maximum absolute atomic E-state index is 12.9. The van der Waals surface area contributed by atoms with Gasteiger partial charge in [-0.05, 0) is 45.1 Å². The highest BCUT2D eigenvalue weighted by atomic mass is 16.5. The molecule has 2 rings (SSSR count). The van der Waals surface area contributed by atoms with Crippen LogP contribution in [0.4, 0.5) is 0 Å². The van der Waals surface area contributed by atoms with Crippen molar-refractivity contribution in [2.24, 2.45) is 0 Å². The molecular weight excluding hydrogens is 338 g/mol. The van der Waals surface area contributed by atoms with Crippen LogP contribution in [0.2, 0.25) is 0 Å². The normalized spacial score (nSPS) is 15.2. The number of amides is 1. The van der Waals surface area contributed by atoms with Gasteiger partial charge >= 0.3 is 5.97 Å². The second kappa shape index (κ2) is 11.8. The first-order valence-corrected chi connectivity index (χ1v) is 10.6. The van der Waals surface area contributed by atoms with E-state index < -0.39 is 0 Å². The van der Waals surface area contributed by atoms with E-state index in [1.165, 1.54) is 36.8 Å². The van der Waals surface area contributed by atoms with Gasteiger partial charge in [0.2, 0.25) is 5.91 Å².